The van der Waals surface area contributed by atoms with Crippen molar-refractivity contribution in [1.29, 1.82) is 0 Å². The van der Waals surface area contributed by atoms with Crippen LogP contribution < -0.4 is 0 Å². The Bertz CT molecular complexity index is 782. The van der Waals surface area contributed by atoms with Crippen molar-refractivity contribution < 1.29 is 18.3 Å². The zero-order valence-electron chi connectivity index (χ0n) is 10.5. The minimum absolute atomic E-state index is 0.0207. The van der Waals surface area contributed by atoms with Gasteiger partial charge in [0.25, 0.3) is 0 Å². The topological polar surface area (TPSA) is 71.4 Å². The lowest BCUT2D eigenvalue weighted by Crippen LogP contribution is -2.03. The molecule has 0 aliphatic heterocycles. The summed E-state index contributed by atoms with van der Waals surface area (Å²) in [7, 11) is -3.47. The molecule has 0 fully saturated rings. The van der Waals surface area contributed by atoms with Crippen LogP contribution in [0.15, 0.2) is 47.4 Å². The largest absolute Gasteiger partial charge is 0.478 e. The summed E-state index contributed by atoms with van der Waals surface area (Å²) in [4.78, 5) is 11.1. The van der Waals surface area contributed by atoms with Gasteiger partial charge in [-0.1, -0.05) is 23.7 Å². The van der Waals surface area contributed by atoms with E-state index in [0.717, 1.165) is 6.26 Å². The van der Waals surface area contributed by atoms with Gasteiger partial charge in [-0.25, -0.2) is 13.2 Å². The van der Waals surface area contributed by atoms with Crippen LogP contribution in [0.1, 0.15) is 10.4 Å². The molecule has 0 bridgehead atoms. The van der Waals surface area contributed by atoms with E-state index in [0.29, 0.717) is 16.1 Å². The third-order valence-corrected chi connectivity index (χ3v) is 4.15. The molecule has 2 aromatic rings. The molecule has 6 heteroatoms. The Hall–Kier alpha value is -1.85. The van der Waals surface area contributed by atoms with Crippen LogP contribution in [0.25, 0.3) is 11.1 Å². The van der Waals surface area contributed by atoms with Crippen molar-refractivity contribution in [1.82, 2.24) is 0 Å². The Kier molecular flexibility index (Phi) is 3.83. The van der Waals surface area contributed by atoms with E-state index in [1.165, 1.54) is 18.2 Å². The number of sulfone groups is 1. The van der Waals surface area contributed by atoms with Crippen LogP contribution >= 0.6 is 11.6 Å². The molecule has 20 heavy (non-hydrogen) atoms. The number of aromatic carboxylic acids is 1. The minimum atomic E-state index is -3.47. The molecule has 0 amide bonds. The first kappa shape index (κ1) is 14.6. The third-order valence-electron chi connectivity index (χ3n) is 2.76. The van der Waals surface area contributed by atoms with Crippen LogP contribution in [0.2, 0.25) is 5.02 Å². The summed E-state index contributed by atoms with van der Waals surface area (Å²) in [5.74, 6) is -1.12. The Balaban J connectivity index is 2.77. The van der Waals surface area contributed by atoms with E-state index in [1.807, 2.05) is 0 Å². The van der Waals surface area contributed by atoms with Gasteiger partial charge in [0.2, 0.25) is 0 Å². The quantitative estimate of drug-likeness (QED) is 0.945. The van der Waals surface area contributed by atoms with Gasteiger partial charge in [-0.15, -0.1) is 0 Å². The van der Waals surface area contributed by atoms with E-state index < -0.39 is 15.8 Å². The fourth-order valence-electron chi connectivity index (χ4n) is 1.87. The first-order valence-corrected chi connectivity index (χ1v) is 7.89. The molecule has 1 N–H and O–H groups in total. The van der Waals surface area contributed by atoms with Crippen molar-refractivity contribution in [3.8, 4) is 11.1 Å². The number of carbonyl (C=O) groups is 1. The number of hydrogen-bond acceptors (Lipinski definition) is 3. The van der Waals surface area contributed by atoms with E-state index in [9.17, 15) is 13.2 Å². The highest BCUT2D eigenvalue weighted by Crippen LogP contribution is 2.30. The van der Waals surface area contributed by atoms with Gasteiger partial charge in [0.05, 0.1) is 10.5 Å². The SMILES string of the molecule is CS(=O)(=O)c1ccc(C(=O)O)cc1-c1cccc(Cl)c1. The van der Waals surface area contributed by atoms with Gasteiger partial charge < -0.3 is 5.11 Å². The van der Waals surface area contributed by atoms with Crippen LogP contribution in [0.3, 0.4) is 0 Å². The molecule has 0 spiro atoms. The Morgan fingerprint density at radius 1 is 1.15 bits per heavy atom. The lowest BCUT2D eigenvalue weighted by Gasteiger charge is -2.10. The van der Waals surface area contributed by atoms with E-state index >= 15 is 0 Å². The number of carboxylic acids is 1. The highest BCUT2D eigenvalue weighted by molar-refractivity contribution is 7.90. The zero-order chi connectivity index (χ0) is 14.9. The van der Waals surface area contributed by atoms with E-state index in [-0.39, 0.29) is 10.5 Å². The van der Waals surface area contributed by atoms with Crippen molar-refractivity contribution >= 4 is 27.4 Å². The van der Waals surface area contributed by atoms with Crippen LogP contribution in [0, 0.1) is 0 Å². The van der Waals surface area contributed by atoms with Crippen molar-refractivity contribution in [3.05, 3.63) is 53.1 Å². The number of halogens is 1. The van der Waals surface area contributed by atoms with Crippen molar-refractivity contribution in [2.45, 2.75) is 4.90 Å². The van der Waals surface area contributed by atoms with Gasteiger partial charge in [0.1, 0.15) is 0 Å². The normalized spacial score (nSPS) is 11.3. The molecule has 0 unspecified atom stereocenters. The number of benzene rings is 2. The van der Waals surface area contributed by atoms with Gasteiger partial charge in [-0.2, -0.15) is 0 Å². The smallest absolute Gasteiger partial charge is 0.335 e. The fourth-order valence-corrected chi connectivity index (χ4v) is 2.95. The summed E-state index contributed by atoms with van der Waals surface area (Å²) < 4.78 is 23.6. The van der Waals surface area contributed by atoms with Gasteiger partial charge in [-0.05, 0) is 35.9 Å². The molecule has 2 rings (SSSR count). The average Bonchev–Trinajstić information content (AvgIpc) is 2.37. The van der Waals surface area contributed by atoms with E-state index in [4.69, 9.17) is 16.7 Å². The molecule has 0 aromatic heterocycles. The van der Waals surface area contributed by atoms with Crippen molar-refractivity contribution in [3.63, 3.8) is 0 Å². The van der Waals surface area contributed by atoms with Gasteiger partial charge in [0.15, 0.2) is 9.84 Å². The Labute approximate surface area is 121 Å². The molecule has 104 valence electrons. The standard InChI is InChI=1S/C14H11ClO4S/c1-20(18,19)13-6-5-10(14(16)17)8-12(13)9-3-2-4-11(15)7-9/h2-8H,1H3,(H,16,17). The summed E-state index contributed by atoms with van der Waals surface area (Å²) in [5.41, 5.74) is 0.906. The minimum Gasteiger partial charge on any atom is -0.478 e. The number of hydrogen-bond donors (Lipinski definition) is 1. The molecule has 0 atom stereocenters. The predicted octanol–water partition coefficient (Wildman–Crippen LogP) is 3.11. The third kappa shape index (κ3) is 3.00. The van der Waals surface area contributed by atoms with E-state index in [2.05, 4.69) is 0 Å². The first-order valence-electron chi connectivity index (χ1n) is 5.62. The second-order valence-electron chi connectivity index (χ2n) is 4.30. The molecule has 0 heterocycles. The van der Waals surface area contributed by atoms with Crippen LogP contribution in [-0.2, 0) is 9.84 Å². The zero-order valence-corrected chi connectivity index (χ0v) is 12.1. The molecule has 0 radical (unpaired) electrons. The summed E-state index contributed by atoms with van der Waals surface area (Å²) in [6, 6.07) is 10.5. The van der Waals surface area contributed by atoms with E-state index in [1.54, 1.807) is 24.3 Å². The maximum Gasteiger partial charge on any atom is 0.335 e. The average molecular weight is 311 g/mol. The van der Waals surface area contributed by atoms with Crippen LogP contribution in [0.4, 0.5) is 0 Å². The second kappa shape index (κ2) is 5.26. The predicted molar refractivity (Wildman–Crippen MR) is 77.0 cm³/mol. The highest BCUT2D eigenvalue weighted by Gasteiger charge is 2.17. The maximum absolute atomic E-state index is 11.8. The molecule has 0 saturated heterocycles. The maximum atomic E-state index is 11.8. The molecule has 0 saturated carbocycles. The van der Waals surface area contributed by atoms with Crippen molar-refractivity contribution in [2.75, 3.05) is 6.26 Å². The summed E-state index contributed by atoms with van der Waals surface area (Å²) >= 11 is 5.90. The summed E-state index contributed by atoms with van der Waals surface area (Å²) in [6.45, 7) is 0. The molecule has 0 aliphatic rings. The first-order chi connectivity index (χ1) is 9.29. The van der Waals surface area contributed by atoms with Gasteiger partial charge in [-0.3, -0.25) is 0 Å². The van der Waals surface area contributed by atoms with Crippen molar-refractivity contribution in [2.24, 2.45) is 0 Å². The molecule has 2 aromatic carbocycles. The van der Waals surface area contributed by atoms with Crippen LogP contribution in [0.5, 0.6) is 0 Å². The monoisotopic (exact) mass is 310 g/mol. The lowest BCUT2D eigenvalue weighted by molar-refractivity contribution is 0.0697. The van der Waals surface area contributed by atoms with Crippen LogP contribution in [-0.4, -0.2) is 25.7 Å². The molecular weight excluding hydrogens is 300 g/mol. The highest BCUT2D eigenvalue weighted by atomic mass is 35.5. The molecule has 4 nitrogen and oxygen atoms in total. The molecular formula is C14H11ClO4S. The Morgan fingerprint density at radius 3 is 2.40 bits per heavy atom. The number of carboxylic acid groups (broad SMARTS) is 1. The van der Waals surface area contributed by atoms with Gasteiger partial charge in [0, 0.05) is 16.8 Å². The number of rotatable bonds is 3. The van der Waals surface area contributed by atoms with Gasteiger partial charge >= 0.3 is 5.97 Å². The lowest BCUT2D eigenvalue weighted by atomic mass is 10.0. The summed E-state index contributed by atoms with van der Waals surface area (Å²) in [5, 5.41) is 9.48. The Morgan fingerprint density at radius 2 is 1.85 bits per heavy atom. The second-order valence-corrected chi connectivity index (χ2v) is 6.72. The summed E-state index contributed by atoms with van der Waals surface area (Å²) in [6.07, 6.45) is 1.08. The molecule has 0 aliphatic carbocycles. The fraction of sp³-hybridized carbons (Fsp3) is 0.0714.